The highest BCUT2D eigenvalue weighted by molar-refractivity contribution is 7.84. The second-order valence-corrected chi connectivity index (χ2v) is 6.73. The van der Waals surface area contributed by atoms with Crippen LogP contribution in [-0.2, 0) is 10.8 Å². The second kappa shape index (κ2) is 6.96. The molecule has 0 amide bonds. The highest BCUT2D eigenvalue weighted by Crippen LogP contribution is 2.11. The van der Waals surface area contributed by atoms with Crippen molar-refractivity contribution in [2.24, 2.45) is 0 Å². The quantitative estimate of drug-likeness (QED) is 0.823. The van der Waals surface area contributed by atoms with Crippen molar-refractivity contribution in [1.82, 2.24) is 15.3 Å². The van der Waals surface area contributed by atoms with Crippen molar-refractivity contribution in [3.05, 3.63) is 27.4 Å². The van der Waals surface area contributed by atoms with Gasteiger partial charge < -0.3 is 10.3 Å². The van der Waals surface area contributed by atoms with Gasteiger partial charge in [-0.1, -0.05) is 6.92 Å². The molecular formula is C13H23N3O2S. The van der Waals surface area contributed by atoms with Crippen LogP contribution in [0.3, 0.4) is 0 Å². The smallest absolute Gasteiger partial charge is 0.255 e. The lowest BCUT2D eigenvalue weighted by atomic mass is 10.1. The van der Waals surface area contributed by atoms with Crippen LogP contribution in [0.25, 0.3) is 0 Å². The highest BCUT2D eigenvalue weighted by Gasteiger charge is 2.14. The molecule has 0 aliphatic carbocycles. The maximum atomic E-state index is 11.9. The number of aromatic nitrogens is 2. The molecule has 6 heteroatoms. The Morgan fingerprint density at radius 1 is 1.37 bits per heavy atom. The average Bonchev–Trinajstić information content (AvgIpc) is 2.26. The summed E-state index contributed by atoms with van der Waals surface area (Å²) >= 11 is 0. The summed E-state index contributed by atoms with van der Waals surface area (Å²) in [7, 11) is -0.802. The fourth-order valence-corrected chi connectivity index (χ4v) is 2.47. The number of hydrogen-bond acceptors (Lipinski definition) is 4. The van der Waals surface area contributed by atoms with Crippen molar-refractivity contribution >= 4 is 10.8 Å². The number of H-pyrrole nitrogens is 1. The van der Waals surface area contributed by atoms with Crippen LogP contribution >= 0.6 is 0 Å². The molecule has 108 valence electrons. The third-order valence-corrected chi connectivity index (χ3v) is 4.63. The minimum Gasteiger partial charge on any atom is -0.310 e. The largest absolute Gasteiger partial charge is 0.310 e. The van der Waals surface area contributed by atoms with E-state index < -0.39 is 10.8 Å². The first kappa shape index (κ1) is 16.0. The number of nitrogens with one attached hydrogen (secondary N) is 2. The van der Waals surface area contributed by atoms with Crippen molar-refractivity contribution < 1.29 is 4.21 Å². The third kappa shape index (κ3) is 4.54. The van der Waals surface area contributed by atoms with Crippen LogP contribution in [0.1, 0.15) is 43.4 Å². The Hall–Kier alpha value is -1.01. The van der Waals surface area contributed by atoms with Crippen molar-refractivity contribution in [2.45, 2.75) is 45.4 Å². The van der Waals surface area contributed by atoms with E-state index in [1.807, 2.05) is 20.8 Å². The van der Waals surface area contributed by atoms with Crippen LogP contribution in [0.2, 0.25) is 0 Å². The number of aryl methyl sites for hydroxylation is 2. The SMILES string of the molecule is Cc1nc(C)c(C(C)NCCC(C)S(C)=O)c(=O)[nH]1. The fourth-order valence-electron chi connectivity index (χ4n) is 2.02. The van der Waals surface area contributed by atoms with Gasteiger partial charge in [-0.15, -0.1) is 0 Å². The third-order valence-electron chi connectivity index (χ3n) is 3.27. The molecule has 1 aromatic rings. The minimum atomic E-state index is -0.802. The summed E-state index contributed by atoms with van der Waals surface area (Å²) in [5.74, 6) is 0.633. The molecule has 19 heavy (non-hydrogen) atoms. The van der Waals surface area contributed by atoms with Gasteiger partial charge in [-0.2, -0.15) is 0 Å². The molecule has 0 aliphatic rings. The molecule has 1 rings (SSSR count). The van der Waals surface area contributed by atoms with Gasteiger partial charge in [0.25, 0.3) is 5.56 Å². The van der Waals surface area contributed by atoms with Gasteiger partial charge >= 0.3 is 0 Å². The van der Waals surface area contributed by atoms with Crippen LogP contribution in [0.5, 0.6) is 0 Å². The van der Waals surface area contributed by atoms with Crippen LogP contribution in [0, 0.1) is 13.8 Å². The molecule has 3 unspecified atom stereocenters. The van der Waals surface area contributed by atoms with Crippen molar-refractivity contribution in [3.8, 4) is 0 Å². The van der Waals surface area contributed by atoms with Crippen LogP contribution in [0.15, 0.2) is 4.79 Å². The van der Waals surface area contributed by atoms with E-state index in [1.54, 1.807) is 13.2 Å². The molecule has 1 heterocycles. The zero-order chi connectivity index (χ0) is 14.6. The molecule has 0 radical (unpaired) electrons. The van der Waals surface area contributed by atoms with E-state index in [9.17, 15) is 9.00 Å². The lowest BCUT2D eigenvalue weighted by molar-refractivity contribution is 0.544. The summed E-state index contributed by atoms with van der Waals surface area (Å²) in [4.78, 5) is 18.9. The summed E-state index contributed by atoms with van der Waals surface area (Å²) in [5, 5.41) is 3.45. The summed E-state index contributed by atoms with van der Waals surface area (Å²) in [6.45, 7) is 8.26. The van der Waals surface area contributed by atoms with Gasteiger partial charge in [0, 0.05) is 34.0 Å². The molecular weight excluding hydrogens is 262 g/mol. The summed E-state index contributed by atoms with van der Waals surface area (Å²) in [6.07, 6.45) is 2.54. The normalized spacial score (nSPS) is 16.1. The van der Waals surface area contributed by atoms with Gasteiger partial charge in [0.05, 0.1) is 5.56 Å². The summed E-state index contributed by atoms with van der Waals surface area (Å²) < 4.78 is 11.3. The van der Waals surface area contributed by atoms with E-state index in [2.05, 4.69) is 15.3 Å². The molecule has 0 aromatic carbocycles. The highest BCUT2D eigenvalue weighted by atomic mass is 32.2. The first-order valence-corrected chi connectivity index (χ1v) is 8.08. The van der Waals surface area contributed by atoms with Crippen LogP contribution in [-0.4, -0.2) is 32.2 Å². The lowest BCUT2D eigenvalue weighted by Crippen LogP contribution is -2.30. The molecule has 0 saturated carbocycles. The Labute approximate surface area is 116 Å². The summed E-state index contributed by atoms with van der Waals surface area (Å²) in [5.41, 5.74) is 1.35. The van der Waals surface area contributed by atoms with Crippen molar-refractivity contribution in [1.29, 1.82) is 0 Å². The van der Waals surface area contributed by atoms with E-state index >= 15 is 0 Å². The van der Waals surface area contributed by atoms with Gasteiger partial charge in [-0.25, -0.2) is 4.98 Å². The Kier molecular flexibility index (Phi) is 5.87. The molecule has 2 N–H and O–H groups in total. The molecule has 0 saturated heterocycles. The number of hydrogen-bond donors (Lipinski definition) is 2. The van der Waals surface area contributed by atoms with Crippen LogP contribution in [0.4, 0.5) is 0 Å². The first-order chi connectivity index (χ1) is 8.82. The molecule has 1 aromatic heterocycles. The average molecular weight is 285 g/mol. The van der Waals surface area contributed by atoms with E-state index in [-0.39, 0.29) is 16.9 Å². The maximum Gasteiger partial charge on any atom is 0.255 e. The zero-order valence-electron chi connectivity index (χ0n) is 12.2. The Morgan fingerprint density at radius 2 is 2.00 bits per heavy atom. The van der Waals surface area contributed by atoms with Gasteiger partial charge in [0.1, 0.15) is 5.82 Å². The van der Waals surface area contributed by atoms with E-state index in [4.69, 9.17) is 0 Å². The summed E-state index contributed by atoms with van der Waals surface area (Å²) in [6, 6.07) is -0.0608. The molecule has 0 spiro atoms. The van der Waals surface area contributed by atoms with Gasteiger partial charge in [-0.05, 0) is 33.7 Å². The Balaban J connectivity index is 2.67. The maximum absolute atomic E-state index is 11.9. The van der Waals surface area contributed by atoms with Gasteiger partial charge in [0.2, 0.25) is 0 Å². The van der Waals surface area contributed by atoms with Crippen molar-refractivity contribution in [3.63, 3.8) is 0 Å². The van der Waals surface area contributed by atoms with E-state index in [0.717, 1.165) is 18.7 Å². The molecule has 3 atom stereocenters. The molecule has 0 bridgehead atoms. The van der Waals surface area contributed by atoms with Gasteiger partial charge in [0.15, 0.2) is 0 Å². The molecule has 0 fully saturated rings. The Morgan fingerprint density at radius 3 is 2.53 bits per heavy atom. The number of aromatic amines is 1. The Bertz CT molecular complexity index is 513. The van der Waals surface area contributed by atoms with Crippen LogP contribution < -0.4 is 10.9 Å². The molecule has 5 nitrogen and oxygen atoms in total. The van der Waals surface area contributed by atoms with E-state index in [1.165, 1.54) is 0 Å². The zero-order valence-corrected chi connectivity index (χ0v) is 13.1. The fraction of sp³-hybridized carbons (Fsp3) is 0.692. The second-order valence-electron chi connectivity index (χ2n) is 4.92. The number of nitrogens with zero attached hydrogens (tertiary/aromatic N) is 1. The monoisotopic (exact) mass is 285 g/mol. The first-order valence-electron chi connectivity index (χ1n) is 6.46. The standard InChI is InChI=1S/C13H23N3O2S/c1-8(19(5)18)6-7-14-9(2)12-10(3)15-11(4)16-13(12)17/h8-9,14H,6-7H2,1-5H3,(H,15,16,17). The predicted octanol–water partition coefficient (Wildman–Crippen LogP) is 1.19. The van der Waals surface area contributed by atoms with Gasteiger partial charge in [-0.3, -0.25) is 9.00 Å². The predicted molar refractivity (Wildman–Crippen MR) is 78.9 cm³/mol. The topological polar surface area (TPSA) is 74.8 Å². The number of rotatable bonds is 6. The van der Waals surface area contributed by atoms with Crippen molar-refractivity contribution in [2.75, 3.05) is 12.8 Å². The molecule has 0 aliphatic heterocycles. The lowest BCUT2D eigenvalue weighted by Gasteiger charge is -2.16. The van der Waals surface area contributed by atoms with E-state index in [0.29, 0.717) is 11.4 Å². The minimum absolute atomic E-state index is 0.0608.